The van der Waals surface area contributed by atoms with Crippen molar-refractivity contribution < 1.29 is 9.18 Å². The Morgan fingerprint density at radius 1 is 1.14 bits per heavy atom. The zero-order chi connectivity index (χ0) is 14.8. The predicted octanol–water partition coefficient (Wildman–Crippen LogP) is 4.86. The molecule has 0 aliphatic heterocycles. The van der Waals surface area contributed by atoms with Crippen LogP contribution in [0.2, 0.25) is 0 Å². The number of rotatable bonds is 0. The standard InChI is InChI=1S/C19H27FO/c1-18-9-4-3-5-12(18)6-7-13-14(18)8-10-19(2)15(13)11-16(20)17(19)21/h6,13-16H,3-5,7-11H2,1-2H3. The largest absolute Gasteiger partial charge is 0.296 e. The van der Waals surface area contributed by atoms with Crippen LogP contribution < -0.4 is 0 Å². The van der Waals surface area contributed by atoms with E-state index in [1.165, 1.54) is 25.7 Å². The van der Waals surface area contributed by atoms with Gasteiger partial charge in [-0.3, -0.25) is 4.79 Å². The Bertz CT molecular complexity index is 510. The summed E-state index contributed by atoms with van der Waals surface area (Å²) in [5, 5.41) is 0. The third kappa shape index (κ3) is 1.71. The van der Waals surface area contributed by atoms with E-state index in [2.05, 4.69) is 19.9 Å². The van der Waals surface area contributed by atoms with Crippen molar-refractivity contribution >= 4 is 5.78 Å². The minimum Gasteiger partial charge on any atom is -0.296 e. The lowest BCUT2D eigenvalue weighted by atomic mass is 9.48. The van der Waals surface area contributed by atoms with Gasteiger partial charge >= 0.3 is 0 Å². The highest BCUT2D eigenvalue weighted by Crippen LogP contribution is 2.64. The molecule has 6 unspecified atom stereocenters. The minimum absolute atomic E-state index is 0.0884. The van der Waals surface area contributed by atoms with Crippen molar-refractivity contribution in [1.29, 1.82) is 0 Å². The number of carbonyl (C=O) groups is 1. The van der Waals surface area contributed by atoms with Crippen molar-refractivity contribution in [1.82, 2.24) is 0 Å². The summed E-state index contributed by atoms with van der Waals surface area (Å²) in [5.74, 6) is 1.43. The first-order valence-electron chi connectivity index (χ1n) is 8.85. The van der Waals surface area contributed by atoms with Crippen molar-refractivity contribution in [2.45, 2.75) is 71.4 Å². The van der Waals surface area contributed by atoms with Crippen molar-refractivity contribution in [2.24, 2.45) is 28.6 Å². The van der Waals surface area contributed by atoms with E-state index in [1.54, 1.807) is 5.57 Å². The molecule has 0 aromatic heterocycles. The van der Waals surface area contributed by atoms with E-state index in [0.29, 0.717) is 23.7 Å². The maximum Gasteiger partial charge on any atom is 0.173 e. The summed E-state index contributed by atoms with van der Waals surface area (Å²) in [6, 6.07) is 0. The van der Waals surface area contributed by atoms with Crippen LogP contribution in [0.4, 0.5) is 4.39 Å². The van der Waals surface area contributed by atoms with Gasteiger partial charge in [-0.15, -0.1) is 0 Å². The molecule has 0 amide bonds. The fourth-order valence-corrected chi connectivity index (χ4v) is 6.45. The van der Waals surface area contributed by atoms with E-state index in [4.69, 9.17) is 0 Å². The van der Waals surface area contributed by atoms with Gasteiger partial charge in [0.1, 0.15) is 0 Å². The number of carbonyl (C=O) groups excluding carboxylic acids is 1. The fourth-order valence-electron chi connectivity index (χ4n) is 6.45. The first-order chi connectivity index (χ1) is 9.97. The minimum atomic E-state index is -1.19. The van der Waals surface area contributed by atoms with Crippen molar-refractivity contribution in [3.63, 3.8) is 0 Å². The van der Waals surface area contributed by atoms with Gasteiger partial charge in [0.05, 0.1) is 0 Å². The second kappa shape index (κ2) is 4.43. The number of halogens is 1. The second-order valence-corrected chi connectivity index (χ2v) is 8.49. The van der Waals surface area contributed by atoms with Gasteiger partial charge in [-0.05, 0) is 68.1 Å². The number of allylic oxidation sites excluding steroid dienone is 2. The lowest BCUT2D eigenvalue weighted by molar-refractivity contribution is -0.134. The molecule has 4 aliphatic carbocycles. The molecule has 4 rings (SSSR count). The molecule has 1 nitrogen and oxygen atoms in total. The third-order valence-electron chi connectivity index (χ3n) is 7.72. The van der Waals surface area contributed by atoms with E-state index < -0.39 is 6.17 Å². The van der Waals surface area contributed by atoms with Crippen LogP contribution in [0.25, 0.3) is 0 Å². The maximum atomic E-state index is 14.1. The fraction of sp³-hybridized carbons (Fsp3) is 0.842. The van der Waals surface area contributed by atoms with Gasteiger partial charge in [0.25, 0.3) is 0 Å². The Kier molecular flexibility index (Phi) is 2.94. The third-order valence-corrected chi connectivity index (χ3v) is 7.72. The van der Waals surface area contributed by atoms with Gasteiger partial charge in [-0.1, -0.05) is 31.9 Å². The summed E-state index contributed by atoms with van der Waals surface area (Å²) in [7, 11) is 0. The predicted molar refractivity (Wildman–Crippen MR) is 81.6 cm³/mol. The van der Waals surface area contributed by atoms with Gasteiger partial charge < -0.3 is 0 Å². The van der Waals surface area contributed by atoms with E-state index >= 15 is 0 Å². The Morgan fingerprint density at radius 2 is 1.95 bits per heavy atom. The maximum absolute atomic E-state index is 14.1. The number of hydrogen-bond donors (Lipinski definition) is 0. The highest BCUT2D eigenvalue weighted by molar-refractivity contribution is 5.91. The van der Waals surface area contributed by atoms with Crippen LogP contribution in [0.3, 0.4) is 0 Å². The average molecular weight is 290 g/mol. The molecule has 0 heterocycles. The zero-order valence-corrected chi connectivity index (χ0v) is 13.3. The molecule has 0 spiro atoms. The molecule has 4 aliphatic rings. The molecule has 3 saturated carbocycles. The van der Waals surface area contributed by atoms with Crippen LogP contribution in [0.15, 0.2) is 11.6 Å². The Labute approximate surface area is 127 Å². The summed E-state index contributed by atoms with van der Waals surface area (Å²) in [6.07, 6.45) is 10.2. The molecule has 6 atom stereocenters. The molecule has 0 aromatic rings. The molecule has 0 bridgehead atoms. The molecule has 2 heteroatoms. The van der Waals surface area contributed by atoms with Crippen molar-refractivity contribution in [3.05, 3.63) is 11.6 Å². The lowest BCUT2D eigenvalue weighted by Crippen LogP contribution is -2.49. The zero-order valence-electron chi connectivity index (χ0n) is 13.3. The molecular weight excluding hydrogens is 263 g/mol. The van der Waals surface area contributed by atoms with Gasteiger partial charge in [-0.2, -0.15) is 0 Å². The number of fused-ring (bicyclic) bond motifs is 5. The quantitative estimate of drug-likeness (QED) is 0.582. The summed E-state index contributed by atoms with van der Waals surface area (Å²) >= 11 is 0. The summed E-state index contributed by atoms with van der Waals surface area (Å²) < 4.78 is 14.1. The van der Waals surface area contributed by atoms with Crippen LogP contribution >= 0.6 is 0 Å². The van der Waals surface area contributed by atoms with Gasteiger partial charge in [-0.25, -0.2) is 4.39 Å². The number of alkyl halides is 1. The normalized spacial score (nSPS) is 52.7. The second-order valence-electron chi connectivity index (χ2n) is 8.49. The summed E-state index contributed by atoms with van der Waals surface area (Å²) in [6.45, 7) is 4.51. The smallest absolute Gasteiger partial charge is 0.173 e. The van der Waals surface area contributed by atoms with Crippen LogP contribution in [-0.2, 0) is 4.79 Å². The van der Waals surface area contributed by atoms with E-state index in [-0.39, 0.29) is 17.1 Å². The van der Waals surface area contributed by atoms with Crippen molar-refractivity contribution in [3.8, 4) is 0 Å². The summed E-state index contributed by atoms with van der Waals surface area (Å²) in [4.78, 5) is 12.3. The van der Waals surface area contributed by atoms with E-state index in [1.807, 2.05) is 0 Å². The van der Waals surface area contributed by atoms with Crippen LogP contribution in [0, 0.1) is 28.6 Å². The highest BCUT2D eigenvalue weighted by Gasteiger charge is 2.61. The van der Waals surface area contributed by atoms with E-state index in [0.717, 1.165) is 19.3 Å². The Balaban J connectivity index is 1.71. The first-order valence-corrected chi connectivity index (χ1v) is 8.85. The average Bonchev–Trinajstić information content (AvgIpc) is 2.70. The number of ketones is 1. The lowest BCUT2D eigenvalue weighted by Gasteiger charge is -2.56. The van der Waals surface area contributed by atoms with Gasteiger partial charge in [0.15, 0.2) is 12.0 Å². The molecular formula is C19H27FO. The summed E-state index contributed by atoms with van der Waals surface area (Å²) in [5.41, 5.74) is 1.66. The number of Topliss-reactive ketones (excluding diaryl/α,β-unsaturated/α-hetero) is 1. The van der Waals surface area contributed by atoms with Crippen LogP contribution in [0.1, 0.15) is 65.2 Å². The molecule has 116 valence electrons. The monoisotopic (exact) mass is 290 g/mol. The topological polar surface area (TPSA) is 17.1 Å². The molecule has 0 radical (unpaired) electrons. The van der Waals surface area contributed by atoms with Crippen molar-refractivity contribution in [2.75, 3.05) is 0 Å². The Morgan fingerprint density at radius 3 is 2.76 bits per heavy atom. The first kappa shape index (κ1) is 14.0. The molecule has 0 aromatic carbocycles. The SMILES string of the molecule is CC12CCC3C(CC=C4CCCCC43C)C1CC(F)C2=O. The molecule has 21 heavy (non-hydrogen) atoms. The van der Waals surface area contributed by atoms with Crippen LogP contribution in [-0.4, -0.2) is 12.0 Å². The van der Waals surface area contributed by atoms with Crippen LogP contribution in [0.5, 0.6) is 0 Å². The van der Waals surface area contributed by atoms with E-state index in [9.17, 15) is 9.18 Å². The Hall–Kier alpha value is -0.660. The van der Waals surface area contributed by atoms with Gasteiger partial charge in [0, 0.05) is 5.41 Å². The highest BCUT2D eigenvalue weighted by atomic mass is 19.1. The molecule has 0 N–H and O–H groups in total. The molecule has 3 fully saturated rings. The number of hydrogen-bond acceptors (Lipinski definition) is 1. The molecule has 0 saturated heterocycles. The van der Waals surface area contributed by atoms with Gasteiger partial charge in [0.2, 0.25) is 0 Å².